The zero-order chi connectivity index (χ0) is 20.3. The summed E-state index contributed by atoms with van der Waals surface area (Å²) in [7, 11) is 4.83. The van der Waals surface area contributed by atoms with Crippen molar-refractivity contribution >= 4 is 17.9 Å². The van der Waals surface area contributed by atoms with Gasteiger partial charge in [0, 0.05) is 25.5 Å². The summed E-state index contributed by atoms with van der Waals surface area (Å²) >= 11 is 0. The summed E-state index contributed by atoms with van der Waals surface area (Å²) in [5.74, 6) is 0.0139. The van der Waals surface area contributed by atoms with Crippen molar-refractivity contribution in [1.29, 1.82) is 0 Å². The SMILES string of the molecule is CC.CNCCC(=O)NC/C(C)=N/OC.COCC(C)(C)C(O)C=O. The Hall–Kier alpha value is -1.51. The van der Waals surface area contributed by atoms with Crippen molar-refractivity contribution in [2.45, 2.75) is 47.1 Å². The van der Waals surface area contributed by atoms with Gasteiger partial charge in [-0.1, -0.05) is 32.9 Å². The van der Waals surface area contributed by atoms with Crippen LogP contribution in [0.15, 0.2) is 5.16 Å². The lowest BCUT2D eigenvalue weighted by Crippen LogP contribution is -2.34. The predicted molar refractivity (Wildman–Crippen MR) is 101 cm³/mol. The molecular weight excluding hydrogens is 326 g/mol. The van der Waals surface area contributed by atoms with E-state index in [1.165, 1.54) is 7.11 Å². The van der Waals surface area contributed by atoms with E-state index in [2.05, 4.69) is 20.6 Å². The minimum Gasteiger partial charge on any atom is -0.399 e. The number of aldehydes is 1. The van der Waals surface area contributed by atoms with Gasteiger partial charge in [-0.05, 0) is 14.0 Å². The van der Waals surface area contributed by atoms with Crippen molar-refractivity contribution in [2.24, 2.45) is 10.6 Å². The van der Waals surface area contributed by atoms with Crippen LogP contribution in [0.3, 0.4) is 0 Å². The number of oxime groups is 1. The van der Waals surface area contributed by atoms with E-state index < -0.39 is 11.5 Å². The Labute approximate surface area is 152 Å². The average Bonchev–Trinajstić information content (AvgIpc) is 2.59. The maximum atomic E-state index is 11.1. The fourth-order valence-electron chi connectivity index (χ4n) is 1.38. The molecule has 0 rings (SSSR count). The van der Waals surface area contributed by atoms with Crippen molar-refractivity contribution < 1.29 is 24.3 Å². The first-order valence-electron chi connectivity index (χ1n) is 8.35. The number of aliphatic hydroxyl groups excluding tert-OH is 1. The Bertz CT molecular complexity index is 360. The number of rotatable bonds is 10. The fourth-order valence-corrected chi connectivity index (χ4v) is 1.38. The second-order valence-corrected chi connectivity index (χ2v) is 5.64. The number of nitrogens with zero attached hydrogens (tertiary/aromatic N) is 1. The van der Waals surface area contributed by atoms with Gasteiger partial charge in [-0.15, -0.1) is 0 Å². The number of amides is 1. The summed E-state index contributed by atoms with van der Waals surface area (Å²) < 4.78 is 4.81. The molecule has 0 aromatic heterocycles. The molecule has 0 aliphatic heterocycles. The topological polar surface area (TPSA) is 109 Å². The Morgan fingerprint density at radius 1 is 1.32 bits per heavy atom. The van der Waals surface area contributed by atoms with Gasteiger partial charge in [-0.2, -0.15) is 0 Å². The molecule has 3 N–H and O–H groups in total. The van der Waals surface area contributed by atoms with Crippen molar-refractivity contribution in [2.75, 3.05) is 41.0 Å². The Kier molecular flexibility index (Phi) is 21.3. The average molecular weight is 363 g/mol. The first-order chi connectivity index (χ1) is 11.7. The summed E-state index contributed by atoms with van der Waals surface area (Å²) in [5.41, 5.74) is 0.275. The lowest BCUT2D eigenvalue weighted by Gasteiger charge is -2.25. The molecule has 0 spiro atoms. The van der Waals surface area contributed by atoms with E-state index in [0.717, 1.165) is 5.71 Å². The normalized spacial score (nSPS) is 12.0. The standard InChI is InChI=1S/C8H17N3O2.C7H14O3.C2H6/c1-7(11-13-3)6-10-8(12)4-5-9-2;1-7(2,5-10-3)6(9)4-8;1-2/h9H,4-6H2,1-3H3,(H,10,12);4,6,9H,5H2,1-3H3;1-2H3/b11-7+;;. The highest BCUT2D eigenvalue weighted by atomic mass is 16.6. The van der Waals surface area contributed by atoms with E-state index in [4.69, 9.17) is 9.84 Å². The van der Waals surface area contributed by atoms with Gasteiger partial charge in [-0.3, -0.25) is 4.79 Å². The van der Waals surface area contributed by atoms with Crippen LogP contribution in [0.25, 0.3) is 0 Å². The molecule has 1 amide bonds. The molecule has 0 heterocycles. The third kappa shape index (κ3) is 18.7. The molecule has 0 aromatic rings. The van der Waals surface area contributed by atoms with E-state index in [-0.39, 0.29) is 5.91 Å². The highest BCUT2D eigenvalue weighted by Gasteiger charge is 2.26. The molecule has 0 aliphatic rings. The molecule has 8 heteroatoms. The van der Waals surface area contributed by atoms with Crippen molar-refractivity contribution in [3.05, 3.63) is 0 Å². The van der Waals surface area contributed by atoms with Gasteiger partial charge < -0.3 is 30.1 Å². The Balaban J connectivity index is -0.000000362. The van der Waals surface area contributed by atoms with Crippen LogP contribution in [-0.2, 0) is 19.2 Å². The molecule has 1 atom stereocenters. The van der Waals surface area contributed by atoms with Crippen LogP contribution in [0.1, 0.15) is 41.0 Å². The van der Waals surface area contributed by atoms with Crippen LogP contribution in [0.2, 0.25) is 0 Å². The van der Waals surface area contributed by atoms with Crippen LogP contribution in [0.4, 0.5) is 0 Å². The molecule has 25 heavy (non-hydrogen) atoms. The van der Waals surface area contributed by atoms with Gasteiger partial charge in [0.2, 0.25) is 5.91 Å². The quantitative estimate of drug-likeness (QED) is 0.303. The van der Waals surface area contributed by atoms with Crippen LogP contribution < -0.4 is 10.6 Å². The summed E-state index contributed by atoms with van der Waals surface area (Å²) in [5, 5.41) is 18.3. The van der Waals surface area contributed by atoms with E-state index in [1.807, 2.05) is 20.9 Å². The van der Waals surface area contributed by atoms with Crippen LogP contribution >= 0.6 is 0 Å². The molecule has 0 aliphatic carbocycles. The third-order valence-electron chi connectivity index (χ3n) is 2.84. The predicted octanol–water partition coefficient (Wildman–Crippen LogP) is 0.979. The molecular formula is C17H37N3O5. The maximum Gasteiger partial charge on any atom is 0.221 e. The molecule has 150 valence electrons. The molecule has 8 nitrogen and oxygen atoms in total. The first kappa shape index (κ1) is 28.3. The molecule has 0 bridgehead atoms. The molecule has 0 fully saturated rings. The van der Waals surface area contributed by atoms with Gasteiger partial charge in [-0.25, -0.2) is 0 Å². The zero-order valence-corrected chi connectivity index (χ0v) is 17.0. The van der Waals surface area contributed by atoms with Crippen LogP contribution in [0.5, 0.6) is 0 Å². The monoisotopic (exact) mass is 363 g/mol. The number of hydrogen-bond acceptors (Lipinski definition) is 7. The fraction of sp³-hybridized carbons (Fsp3) is 0.824. The van der Waals surface area contributed by atoms with E-state index >= 15 is 0 Å². The van der Waals surface area contributed by atoms with Crippen LogP contribution in [0, 0.1) is 5.41 Å². The largest absolute Gasteiger partial charge is 0.399 e. The molecule has 0 saturated heterocycles. The second-order valence-electron chi connectivity index (χ2n) is 5.64. The molecule has 0 aromatic carbocycles. The Morgan fingerprint density at radius 2 is 1.88 bits per heavy atom. The summed E-state index contributed by atoms with van der Waals surface area (Å²) in [6, 6.07) is 0. The molecule has 0 radical (unpaired) electrons. The minimum atomic E-state index is -0.938. The minimum absolute atomic E-state index is 0.0139. The van der Waals surface area contributed by atoms with Gasteiger partial charge in [0.25, 0.3) is 0 Å². The van der Waals surface area contributed by atoms with Gasteiger partial charge in [0.15, 0.2) is 0 Å². The van der Waals surface area contributed by atoms with E-state index in [0.29, 0.717) is 32.4 Å². The number of ether oxygens (including phenoxy) is 1. The van der Waals surface area contributed by atoms with Gasteiger partial charge in [0.1, 0.15) is 19.5 Å². The van der Waals surface area contributed by atoms with E-state index in [1.54, 1.807) is 27.9 Å². The number of carbonyl (C=O) groups excluding carboxylic acids is 2. The Morgan fingerprint density at radius 3 is 2.28 bits per heavy atom. The number of carbonyl (C=O) groups is 2. The highest BCUT2D eigenvalue weighted by molar-refractivity contribution is 5.87. The number of hydrogen-bond donors (Lipinski definition) is 3. The molecule has 0 saturated carbocycles. The number of nitrogens with one attached hydrogen (secondary N) is 2. The van der Waals surface area contributed by atoms with Gasteiger partial charge >= 0.3 is 0 Å². The lowest BCUT2D eigenvalue weighted by molar-refractivity contribution is -0.122. The van der Waals surface area contributed by atoms with Gasteiger partial charge in [0.05, 0.1) is 18.9 Å². The number of aliphatic hydroxyl groups is 1. The summed E-state index contributed by atoms with van der Waals surface area (Å²) in [6.07, 6.45) is 0.0722. The van der Waals surface area contributed by atoms with Crippen LogP contribution in [-0.4, -0.2) is 70.1 Å². The van der Waals surface area contributed by atoms with E-state index in [9.17, 15) is 9.59 Å². The number of methoxy groups -OCH3 is 1. The first-order valence-corrected chi connectivity index (χ1v) is 8.35. The molecule has 1 unspecified atom stereocenters. The second kappa shape index (κ2) is 18.8. The van der Waals surface area contributed by atoms with Crippen molar-refractivity contribution in [1.82, 2.24) is 10.6 Å². The smallest absolute Gasteiger partial charge is 0.221 e. The highest BCUT2D eigenvalue weighted by Crippen LogP contribution is 2.18. The van der Waals surface area contributed by atoms with Crippen molar-refractivity contribution in [3.63, 3.8) is 0 Å². The maximum absolute atomic E-state index is 11.1. The summed E-state index contributed by atoms with van der Waals surface area (Å²) in [6.45, 7) is 10.8. The summed E-state index contributed by atoms with van der Waals surface area (Å²) in [4.78, 5) is 25.7. The lowest BCUT2D eigenvalue weighted by atomic mass is 9.88. The third-order valence-corrected chi connectivity index (χ3v) is 2.84. The van der Waals surface area contributed by atoms with Crippen molar-refractivity contribution in [3.8, 4) is 0 Å². The zero-order valence-electron chi connectivity index (χ0n) is 17.0.